The fourth-order valence-corrected chi connectivity index (χ4v) is 2.94. The van der Waals surface area contributed by atoms with Gasteiger partial charge in [-0.05, 0) is 49.2 Å². The highest BCUT2D eigenvalue weighted by atomic mass is 16.3. The number of amides is 1. The van der Waals surface area contributed by atoms with Crippen LogP contribution in [-0.2, 0) is 6.42 Å². The van der Waals surface area contributed by atoms with Crippen LogP contribution >= 0.6 is 0 Å². The smallest absolute Gasteiger partial charge is 0.287 e. The van der Waals surface area contributed by atoms with Crippen LogP contribution in [0, 0.1) is 13.8 Å². The van der Waals surface area contributed by atoms with E-state index in [9.17, 15) is 9.59 Å². The number of aromatic amines is 1. The number of nitrogens with one attached hydrogen (secondary N) is 2. The third-order valence-electron chi connectivity index (χ3n) is 4.68. The summed E-state index contributed by atoms with van der Waals surface area (Å²) in [5.74, 6) is 0.750. The molecule has 4 rings (SSSR count). The van der Waals surface area contributed by atoms with E-state index in [1.807, 2.05) is 26.0 Å². The van der Waals surface area contributed by atoms with E-state index >= 15 is 0 Å². The first-order valence-corrected chi connectivity index (χ1v) is 9.16. The van der Waals surface area contributed by atoms with Crippen molar-refractivity contribution in [3.63, 3.8) is 0 Å². The van der Waals surface area contributed by atoms with Crippen LogP contribution in [0.5, 0.6) is 0 Å². The van der Waals surface area contributed by atoms with Gasteiger partial charge in [0.05, 0.1) is 5.39 Å². The second-order valence-electron chi connectivity index (χ2n) is 6.76. The number of aryl methyl sites for hydroxylation is 2. The fourth-order valence-electron chi connectivity index (χ4n) is 2.94. The van der Waals surface area contributed by atoms with Crippen molar-refractivity contribution in [3.8, 4) is 11.4 Å². The molecule has 0 aliphatic carbocycles. The molecule has 0 atom stereocenters. The lowest BCUT2D eigenvalue weighted by Gasteiger charge is -2.06. The summed E-state index contributed by atoms with van der Waals surface area (Å²) in [6.45, 7) is 4.18. The minimum absolute atomic E-state index is 0.0132. The molecule has 0 radical (unpaired) electrons. The molecule has 0 fully saturated rings. The molecule has 2 N–H and O–H groups in total. The Morgan fingerprint density at radius 2 is 1.90 bits per heavy atom. The summed E-state index contributed by atoms with van der Waals surface area (Å²) < 4.78 is 5.65. The Balaban J connectivity index is 1.43. The zero-order valence-electron chi connectivity index (χ0n) is 16.0. The highest BCUT2D eigenvalue weighted by Gasteiger charge is 2.13. The first-order valence-electron chi connectivity index (χ1n) is 9.16. The third kappa shape index (κ3) is 3.91. The Bertz CT molecular complexity index is 1240. The zero-order chi connectivity index (χ0) is 20.4. The van der Waals surface area contributed by atoms with Gasteiger partial charge in [0, 0.05) is 37.0 Å². The first-order chi connectivity index (χ1) is 14.0. The third-order valence-corrected chi connectivity index (χ3v) is 4.68. The standard InChI is InChI=1S/C21H19N5O3/c1-12-9-15-16(27)11-18(29-17(15)10-13(12)2)21(28)23-8-5-19-24-20(26-25-19)14-3-6-22-7-4-14/h3-4,6-7,9-11H,5,8H2,1-2H3,(H,23,28)(H,24,25,26). The summed E-state index contributed by atoms with van der Waals surface area (Å²) in [6, 6.07) is 8.42. The van der Waals surface area contributed by atoms with Gasteiger partial charge < -0.3 is 9.73 Å². The summed E-state index contributed by atoms with van der Waals surface area (Å²) >= 11 is 0. The first kappa shape index (κ1) is 18.5. The van der Waals surface area contributed by atoms with E-state index in [4.69, 9.17) is 4.42 Å². The molecule has 0 aliphatic heterocycles. The Morgan fingerprint density at radius 3 is 2.69 bits per heavy atom. The van der Waals surface area contributed by atoms with Gasteiger partial charge in [0.15, 0.2) is 17.0 Å². The summed E-state index contributed by atoms with van der Waals surface area (Å²) in [4.78, 5) is 33.1. The van der Waals surface area contributed by atoms with Gasteiger partial charge in [0.25, 0.3) is 5.91 Å². The molecule has 8 heteroatoms. The van der Waals surface area contributed by atoms with Crippen LogP contribution in [-0.4, -0.2) is 32.6 Å². The molecule has 0 saturated heterocycles. The zero-order valence-corrected chi connectivity index (χ0v) is 16.0. The number of H-pyrrole nitrogens is 1. The predicted molar refractivity (Wildman–Crippen MR) is 108 cm³/mol. The molecule has 4 aromatic rings. The van der Waals surface area contributed by atoms with Gasteiger partial charge >= 0.3 is 0 Å². The van der Waals surface area contributed by atoms with Crippen molar-refractivity contribution >= 4 is 16.9 Å². The van der Waals surface area contributed by atoms with Gasteiger partial charge in [-0.25, -0.2) is 4.98 Å². The van der Waals surface area contributed by atoms with Crippen molar-refractivity contribution in [2.24, 2.45) is 0 Å². The second kappa shape index (κ2) is 7.67. The maximum Gasteiger partial charge on any atom is 0.287 e. The normalized spacial score (nSPS) is 11.0. The molecule has 146 valence electrons. The lowest BCUT2D eigenvalue weighted by atomic mass is 10.1. The number of aromatic nitrogens is 4. The van der Waals surface area contributed by atoms with Gasteiger partial charge in [0.2, 0.25) is 0 Å². The topological polar surface area (TPSA) is 114 Å². The number of benzene rings is 1. The van der Waals surface area contributed by atoms with Crippen LogP contribution in [0.3, 0.4) is 0 Å². The number of fused-ring (bicyclic) bond motifs is 1. The van der Waals surface area contributed by atoms with Crippen molar-refractivity contribution in [3.05, 3.63) is 75.7 Å². The van der Waals surface area contributed by atoms with E-state index in [0.29, 0.717) is 35.6 Å². The van der Waals surface area contributed by atoms with E-state index in [1.165, 1.54) is 6.07 Å². The Hall–Kier alpha value is -3.81. The van der Waals surface area contributed by atoms with Gasteiger partial charge in [0.1, 0.15) is 11.4 Å². The Kier molecular flexibility index (Phi) is 4.90. The summed E-state index contributed by atoms with van der Waals surface area (Å²) in [6.07, 6.45) is 3.80. The molecule has 0 saturated carbocycles. The number of pyridine rings is 1. The monoisotopic (exact) mass is 389 g/mol. The molecule has 0 unspecified atom stereocenters. The van der Waals surface area contributed by atoms with Crippen molar-refractivity contribution in [1.82, 2.24) is 25.5 Å². The average Bonchev–Trinajstić information content (AvgIpc) is 3.19. The van der Waals surface area contributed by atoms with Crippen molar-refractivity contribution in [1.29, 1.82) is 0 Å². The van der Waals surface area contributed by atoms with Gasteiger partial charge in [-0.15, -0.1) is 0 Å². The molecule has 1 aromatic carbocycles. The highest BCUT2D eigenvalue weighted by molar-refractivity contribution is 5.93. The largest absolute Gasteiger partial charge is 0.451 e. The van der Waals surface area contributed by atoms with E-state index in [1.54, 1.807) is 24.5 Å². The number of hydrogen-bond donors (Lipinski definition) is 2. The molecule has 1 amide bonds. The highest BCUT2D eigenvalue weighted by Crippen LogP contribution is 2.18. The van der Waals surface area contributed by atoms with E-state index < -0.39 is 5.91 Å². The van der Waals surface area contributed by atoms with Crippen molar-refractivity contribution in [2.75, 3.05) is 6.54 Å². The van der Waals surface area contributed by atoms with Gasteiger partial charge in [-0.1, -0.05) is 0 Å². The molecular formula is C21H19N5O3. The average molecular weight is 389 g/mol. The van der Waals surface area contributed by atoms with Crippen LogP contribution in [0.2, 0.25) is 0 Å². The molecule has 0 spiro atoms. The van der Waals surface area contributed by atoms with Crippen molar-refractivity contribution in [2.45, 2.75) is 20.3 Å². The predicted octanol–water partition coefficient (Wildman–Crippen LogP) is 2.56. The quantitative estimate of drug-likeness (QED) is 0.542. The summed E-state index contributed by atoms with van der Waals surface area (Å²) in [5, 5.41) is 10.2. The van der Waals surface area contributed by atoms with Crippen LogP contribution in [0.1, 0.15) is 27.5 Å². The molecule has 8 nitrogen and oxygen atoms in total. The summed E-state index contributed by atoms with van der Waals surface area (Å²) in [7, 11) is 0. The maximum absolute atomic E-state index is 12.4. The van der Waals surface area contributed by atoms with E-state index in [0.717, 1.165) is 16.7 Å². The second-order valence-corrected chi connectivity index (χ2v) is 6.76. The molecule has 3 aromatic heterocycles. The van der Waals surface area contributed by atoms with Gasteiger partial charge in [-0.2, -0.15) is 5.10 Å². The van der Waals surface area contributed by atoms with Crippen LogP contribution in [0.4, 0.5) is 0 Å². The molecule has 0 aliphatic rings. The van der Waals surface area contributed by atoms with Gasteiger partial charge in [-0.3, -0.25) is 19.7 Å². The van der Waals surface area contributed by atoms with E-state index in [2.05, 4.69) is 25.5 Å². The summed E-state index contributed by atoms with van der Waals surface area (Å²) in [5.41, 5.74) is 3.02. The van der Waals surface area contributed by atoms with Crippen LogP contribution in [0.25, 0.3) is 22.4 Å². The fraction of sp³-hybridized carbons (Fsp3) is 0.190. The van der Waals surface area contributed by atoms with Crippen LogP contribution in [0.15, 0.2) is 51.9 Å². The Labute approximate surface area is 166 Å². The van der Waals surface area contributed by atoms with Crippen LogP contribution < -0.4 is 10.7 Å². The SMILES string of the molecule is Cc1cc2oc(C(=O)NCCc3nc(-c4ccncc4)n[nH]3)cc(=O)c2cc1C. The lowest BCUT2D eigenvalue weighted by Crippen LogP contribution is -2.26. The lowest BCUT2D eigenvalue weighted by molar-refractivity contribution is 0.0927. The van der Waals surface area contributed by atoms with E-state index in [-0.39, 0.29) is 11.2 Å². The minimum Gasteiger partial charge on any atom is -0.451 e. The molecule has 29 heavy (non-hydrogen) atoms. The number of carbonyl (C=O) groups excluding carboxylic acids is 1. The molecule has 3 heterocycles. The number of carbonyl (C=O) groups is 1. The Morgan fingerprint density at radius 1 is 1.14 bits per heavy atom. The number of hydrogen-bond acceptors (Lipinski definition) is 6. The maximum atomic E-state index is 12.4. The molecular weight excluding hydrogens is 370 g/mol. The van der Waals surface area contributed by atoms with Crippen molar-refractivity contribution < 1.29 is 9.21 Å². The number of rotatable bonds is 5. The number of nitrogens with zero attached hydrogens (tertiary/aromatic N) is 3. The molecule has 0 bridgehead atoms. The minimum atomic E-state index is -0.448.